The van der Waals surface area contributed by atoms with E-state index in [2.05, 4.69) is 10.6 Å². The third-order valence-electron chi connectivity index (χ3n) is 4.48. The molecule has 0 aliphatic carbocycles. The minimum atomic E-state index is -0.264. The van der Waals surface area contributed by atoms with Gasteiger partial charge in [0.15, 0.2) is 0 Å². The first kappa shape index (κ1) is 19.8. The van der Waals surface area contributed by atoms with Gasteiger partial charge in [-0.05, 0) is 38.8 Å². The number of urea groups is 1. The Labute approximate surface area is 154 Å². The lowest BCUT2D eigenvalue weighted by molar-refractivity contribution is -0.140. The summed E-state index contributed by atoms with van der Waals surface area (Å²) in [5, 5.41) is 5.58. The van der Waals surface area contributed by atoms with Gasteiger partial charge in [-0.15, -0.1) is 0 Å². The number of likely N-dealkylation sites (N-methyl/N-ethyl adjacent to an activating group) is 2. The van der Waals surface area contributed by atoms with Crippen LogP contribution in [0, 0.1) is 5.92 Å². The van der Waals surface area contributed by atoms with E-state index < -0.39 is 0 Å². The highest BCUT2D eigenvalue weighted by molar-refractivity contribution is 5.90. The second-order valence-corrected chi connectivity index (χ2v) is 6.39. The van der Waals surface area contributed by atoms with Gasteiger partial charge in [0.05, 0.1) is 12.5 Å². The van der Waals surface area contributed by atoms with E-state index in [1.54, 1.807) is 9.80 Å². The highest BCUT2D eigenvalue weighted by atomic mass is 16.2. The molecule has 0 bridgehead atoms. The van der Waals surface area contributed by atoms with E-state index >= 15 is 0 Å². The van der Waals surface area contributed by atoms with Crippen molar-refractivity contribution in [2.75, 3.05) is 38.0 Å². The fourth-order valence-corrected chi connectivity index (χ4v) is 3.12. The summed E-state index contributed by atoms with van der Waals surface area (Å²) in [7, 11) is 0. The molecule has 1 atom stereocenters. The second-order valence-electron chi connectivity index (χ2n) is 6.39. The molecule has 2 rings (SSSR count). The minimum absolute atomic E-state index is 0.0593. The van der Waals surface area contributed by atoms with Crippen LogP contribution in [0.25, 0.3) is 0 Å². The molecule has 26 heavy (non-hydrogen) atoms. The van der Waals surface area contributed by atoms with Gasteiger partial charge in [0.2, 0.25) is 11.8 Å². The highest BCUT2D eigenvalue weighted by Crippen LogP contribution is 2.20. The molecule has 7 nitrogen and oxygen atoms in total. The largest absolute Gasteiger partial charge is 0.355 e. The molecular weight excluding hydrogens is 332 g/mol. The zero-order valence-corrected chi connectivity index (χ0v) is 15.5. The van der Waals surface area contributed by atoms with E-state index in [0.717, 1.165) is 18.5 Å². The molecule has 1 fully saturated rings. The number of hydrogen-bond acceptors (Lipinski definition) is 3. The van der Waals surface area contributed by atoms with Crippen LogP contribution in [0.15, 0.2) is 30.3 Å². The number of piperidine rings is 1. The van der Waals surface area contributed by atoms with E-state index in [1.165, 1.54) is 0 Å². The number of para-hydroxylation sites is 1. The maximum absolute atomic E-state index is 12.8. The summed E-state index contributed by atoms with van der Waals surface area (Å²) in [5.41, 5.74) is 0.734. The van der Waals surface area contributed by atoms with E-state index in [-0.39, 0.29) is 30.3 Å². The number of hydrogen-bond donors (Lipinski definition) is 2. The summed E-state index contributed by atoms with van der Waals surface area (Å²) in [4.78, 5) is 40.3. The molecule has 7 heteroatoms. The molecule has 1 aromatic rings. The van der Waals surface area contributed by atoms with E-state index in [1.807, 2.05) is 44.2 Å². The Hall–Kier alpha value is -2.57. The number of benzene rings is 1. The molecule has 1 aliphatic rings. The smallest absolute Gasteiger partial charge is 0.321 e. The quantitative estimate of drug-likeness (QED) is 0.813. The maximum Gasteiger partial charge on any atom is 0.321 e. The van der Waals surface area contributed by atoms with Gasteiger partial charge >= 0.3 is 6.03 Å². The summed E-state index contributed by atoms with van der Waals surface area (Å²) in [6, 6.07) is 9.07. The van der Waals surface area contributed by atoms with Crippen LogP contribution in [-0.2, 0) is 9.59 Å². The van der Waals surface area contributed by atoms with E-state index in [9.17, 15) is 14.4 Å². The van der Waals surface area contributed by atoms with Gasteiger partial charge in [-0.2, -0.15) is 0 Å². The van der Waals surface area contributed by atoms with Gasteiger partial charge in [-0.1, -0.05) is 18.2 Å². The first-order chi connectivity index (χ1) is 12.5. The average molecular weight is 360 g/mol. The van der Waals surface area contributed by atoms with Crippen LogP contribution in [0.3, 0.4) is 0 Å². The van der Waals surface area contributed by atoms with Crippen LogP contribution in [-0.4, -0.2) is 60.4 Å². The lowest BCUT2D eigenvalue weighted by atomic mass is 9.96. The molecule has 0 spiro atoms. The van der Waals surface area contributed by atoms with Crippen molar-refractivity contribution in [3.05, 3.63) is 30.3 Å². The number of carbonyl (C=O) groups excluding carboxylic acids is 3. The van der Waals surface area contributed by atoms with Gasteiger partial charge < -0.3 is 20.4 Å². The monoisotopic (exact) mass is 360 g/mol. The van der Waals surface area contributed by atoms with Crippen molar-refractivity contribution >= 4 is 23.5 Å². The molecule has 1 unspecified atom stereocenters. The molecular formula is C19H28N4O3. The Kier molecular flexibility index (Phi) is 7.44. The predicted octanol–water partition coefficient (Wildman–Crippen LogP) is 1.92. The third-order valence-corrected chi connectivity index (χ3v) is 4.48. The molecule has 4 amide bonds. The lowest BCUT2D eigenvalue weighted by Crippen LogP contribution is -2.49. The molecule has 2 N–H and O–H groups in total. The third kappa shape index (κ3) is 5.47. The molecule has 0 radical (unpaired) electrons. The summed E-state index contributed by atoms with van der Waals surface area (Å²) in [6.07, 6.45) is 1.51. The lowest BCUT2D eigenvalue weighted by Gasteiger charge is -2.34. The van der Waals surface area contributed by atoms with E-state index in [4.69, 9.17) is 0 Å². The van der Waals surface area contributed by atoms with Crippen molar-refractivity contribution in [2.45, 2.75) is 26.7 Å². The normalized spacial score (nSPS) is 16.7. The molecule has 1 aromatic carbocycles. The molecule has 0 saturated carbocycles. The summed E-state index contributed by atoms with van der Waals surface area (Å²) in [6.45, 7) is 5.80. The van der Waals surface area contributed by atoms with Crippen LogP contribution in [0.1, 0.15) is 26.7 Å². The predicted molar refractivity (Wildman–Crippen MR) is 101 cm³/mol. The SMILES string of the molecule is CCNC(=O)CN(CC)C(=O)C1CCCN(C(=O)Nc2ccccc2)C1. The molecule has 1 heterocycles. The second kappa shape index (κ2) is 9.79. The van der Waals surface area contributed by atoms with Crippen LogP contribution < -0.4 is 10.6 Å². The standard InChI is InChI=1S/C19H28N4O3/c1-3-20-17(24)14-22(4-2)18(25)15-9-8-12-23(13-15)19(26)21-16-10-6-5-7-11-16/h5-7,10-11,15H,3-4,8-9,12-14H2,1-2H3,(H,20,24)(H,21,26). The van der Waals surface area contributed by atoms with Crippen molar-refractivity contribution in [2.24, 2.45) is 5.92 Å². The van der Waals surface area contributed by atoms with Crippen molar-refractivity contribution < 1.29 is 14.4 Å². The van der Waals surface area contributed by atoms with Gasteiger partial charge in [-0.25, -0.2) is 4.79 Å². The Bertz CT molecular complexity index is 620. The fraction of sp³-hybridized carbons (Fsp3) is 0.526. The number of rotatable bonds is 6. The Balaban J connectivity index is 1.94. The van der Waals surface area contributed by atoms with Gasteiger partial charge in [0, 0.05) is 31.9 Å². The highest BCUT2D eigenvalue weighted by Gasteiger charge is 2.31. The summed E-state index contributed by atoms with van der Waals surface area (Å²) in [5.74, 6) is -0.479. The average Bonchev–Trinajstić information content (AvgIpc) is 2.66. The van der Waals surface area contributed by atoms with Gasteiger partial charge in [-0.3, -0.25) is 9.59 Å². The minimum Gasteiger partial charge on any atom is -0.355 e. The number of likely N-dealkylation sites (tertiary alicyclic amines) is 1. The number of anilines is 1. The van der Waals surface area contributed by atoms with Gasteiger partial charge in [0.1, 0.15) is 0 Å². The molecule has 1 aliphatic heterocycles. The Morgan fingerprint density at radius 3 is 2.58 bits per heavy atom. The topological polar surface area (TPSA) is 81.8 Å². The first-order valence-corrected chi connectivity index (χ1v) is 9.21. The summed E-state index contributed by atoms with van der Waals surface area (Å²) < 4.78 is 0. The van der Waals surface area contributed by atoms with Crippen molar-refractivity contribution in [1.82, 2.24) is 15.1 Å². The number of carbonyl (C=O) groups is 3. The molecule has 1 saturated heterocycles. The molecule has 142 valence electrons. The number of amides is 4. The number of nitrogens with one attached hydrogen (secondary N) is 2. The fourth-order valence-electron chi connectivity index (χ4n) is 3.12. The van der Waals surface area contributed by atoms with Crippen LogP contribution in [0.2, 0.25) is 0 Å². The first-order valence-electron chi connectivity index (χ1n) is 9.21. The zero-order chi connectivity index (χ0) is 18.9. The van der Waals surface area contributed by atoms with Crippen LogP contribution in [0.5, 0.6) is 0 Å². The zero-order valence-electron chi connectivity index (χ0n) is 15.5. The van der Waals surface area contributed by atoms with E-state index in [0.29, 0.717) is 26.2 Å². The maximum atomic E-state index is 12.8. The van der Waals surface area contributed by atoms with Crippen LogP contribution in [0.4, 0.5) is 10.5 Å². The van der Waals surface area contributed by atoms with Crippen molar-refractivity contribution in [3.63, 3.8) is 0 Å². The number of nitrogens with zero attached hydrogens (tertiary/aromatic N) is 2. The Morgan fingerprint density at radius 1 is 1.19 bits per heavy atom. The van der Waals surface area contributed by atoms with Gasteiger partial charge in [0.25, 0.3) is 0 Å². The summed E-state index contributed by atoms with van der Waals surface area (Å²) >= 11 is 0. The molecule has 0 aromatic heterocycles. The van der Waals surface area contributed by atoms with Crippen molar-refractivity contribution in [1.29, 1.82) is 0 Å². The van der Waals surface area contributed by atoms with Crippen LogP contribution >= 0.6 is 0 Å². The van der Waals surface area contributed by atoms with Crippen molar-refractivity contribution in [3.8, 4) is 0 Å². The Morgan fingerprint density at radius 2 is 1.92 bits per heavy atom.